The molecule has 0 bridgehead atoms. The highest BCUT2D eigenvalue weighted by atomic mass is 79.9. The van der Waals surface area contributed by atoms with Crippen LogP contribution in [0.5, 0.6) is 0 Å². The number of nitrogens with one attached hydrogen (secondary N) is 6. The van der Waals surface area contributed by atoms with Gasteiger partial charge in [0, 0.05) is 159 Å². The number of halogens is 4. The van der Waals surface area contributed by atoms with Gasteiger partial charge in [0.1, 0.15) is 25.9 Å². The fraction of sp³-hybridized carbons (Fsp3) is 0.372. The van der Waals surface area contributed by atoms with E-state index >= 15 is 0 Å². The molecule has 10 heterocycles. The molecule has 6 N–H and O–H groups in total. The van der Waals surface area contributed by atoms with Crippen molar-refractivity contribution < 1.29 is 28.4 Å². The smallest absolute Gasteiger partial charge is 0.275 e. The van der Waals surface area contributed by atoms with Gasteiger partial charge in [-0.15, -0.1) is 0 Å². The Morgan fingerprint density at radius 2 is 0.750 bits per heavy atom. The van der Waals surface area contributed by atoms with E-state index in [2.05, 4.69) is 192 Å². The molecule has 19 rings (SSSR count). The van der Waals surface area contributed by atoms with Crippen LogP contribution < -0.4 is 5.32 Å². The minimum absolute atomic E-state index is 0.00623. The van der Waals surface area contributed by atoms with Crippen molar-refractivity contribution in [3.8, 4) is 0 Å². The van der Waals surface area contributed by atoms with E-state index in [1.165, 1.54) is 168 Å². The van der Waals surface area contributed by atoms with Gasteiger partial charge in [-0.1, -0.05) is 207 Å². The van der Waals surface area contributed by atoms with Crippen molar-refractivity contribution in [2.24, 2.45) is 29.6 Å². The first-order valence-corrected chi connectivity index (χ1v) is 47.5. The van der Waals surface area contributed by atoms with Gasteiger partial charge >= 0.3 is 0 Å². The lowest BCUT2D eigenvalue weighted by molar-refractivity contribution is 0.0666. The molecule has 5 amide bonds. The molecule has 0 spiro atoms. The van der Waals surface area contributed by atoms with Gasteiger partial charge < -0.3 is 34.7 Å². The van der Waals surface area contributed by atoms with Gasteiger partial charge in [0.2, 0.25) is 0 Å². The van der Waals surface area contributed by atoms with Crippen LogP contribution >= 0.6 is 90.5 Å². The lowest BCUT2D eigenvalue weighted by Crippen LogP contribution is -2.49. The maximum absolute atomic E-state index is 14.1. The maximum Gasteiger partial charge on any atom is 0.275 e. The zero-order valence-corrected chi connectivity index (χ0v) is 76.9. The molecule has 5 aromatic carbocycles. The summed E-state index contributed by atoms with van der Waals surface area (Å²) in [6, 6.07) is 38.9. The summed E-state index contributed by atoms with van der Waals surface area (Å²) in [6.07, 6.45) is 18.4. The molecule has 0 radical (unpaired) electrons. The van der Waals surface area contributed by atoms with E-state index in [0.29, 0.717) is 112 Å². The number of hydrogen-bond acceptors (Lipinski definition) is 15. The summed E-state index contributed by atoms with van der Waals surface area (Å²) in [4.78, 5) is 87.2. The molecule has 5 aromatic heterocycles. The zero-order chi connectivity index (χ0) is 86.7. The van der Waals surface area contributed by atoms with Gasteiger partial charge in [0.25, 0.3) is 35.4 Å². The first-order chi connectivity index (χ1) is 60.0. The molecule has 5 fully saturated rings. The Bertz CT molecular complexity index is 5370. The first kappa shape index (κ1) is 89.3. The van der Waals surface area contributed by atoms with Crippen LogP contribution in [0.4, 0.5) is 10.2 Å². The van der Waals surface area contributed by atoms with Crippen LogP contribution in [0.25, 0.3) is 4.85 Å². The number of amides is 5. The molecule has 22 nitrogen and oxygen atoms in total. The van der Waals surface area contributed by atoms with Gasteiger partial charge in [0.05, 0.1) is 0 Å². The first-order valence-electron chi connectivity index (χ1n) is 42.3. The van der Waals surface area contributed by atoms with Crippen molar-refractivity contribution in [3.63, 3.8) is 0 Å². The number of rotatable bonds is 25. The van der Waals surface area contributed by atoms with Crippen molar-refractivity contribution in [1.29, 1.82) is 0 Å². The molecule has 4 aliphatic carbocycles. The van der Waals surface area contributed by atoms with Crippen molar-refractivity contribution in [2.45, 2.75) is 169 Å². The minimum atomic E-state index is -0.280. The van der Waals surface area contributed by atoms with Gasteiger partial charge in [-0.3, -0.25) is 44.4 Å². The van der Waals surface area contributed by atoms with Crippen LogP contribution in [0.2, 0.25) is 5.15 Å². The van der Waals surface area contributed by atoms with Crippen molar-refractivity contribution in [3.05, 3.63) is 289 Å². The van der Waals surface area contributed by atoms with E-state index in [1.54, 1.807) is 76.2 Å². The summed E-state index contributed by atoms with van der Waals surface area (Å²) in [5.41, 5.74) is 14.4. The molecule has 9 aliphatic rings. The van der Waals surface area contributed by atoms with E-state index < -0.39 is 0 Å². The highest BCUT2D eigenvalue weighted by Gasteiger charge is 2.35. The number of carbonyl (C=O) groups is 5. The second-order valence-corrected chi connectivity index (χ2v) is 40.5. The number of thioether (sulfide) groups is 4. The number of carbonyl (C=O) groups excluding carboxylic acids is 5. The Morgan fingerprint density at radius 3 is 1.03 bits per heavy atom. The summed E-state index contributed by atoms with van der Waals surface area (Å²) in [6.45, 7) is 35.4. The maximum atomic E-state index is 14.1. The molecule has 0 unspecified atom stereocenters. The predicted molar refractivity (Wildman–Crippen MR) is 495 cm³/mol. The zero-order valence-electron chi connectivity index (χ0n) is 69.7. The van der Waals surface area contributed by atoms with Gasteiger partial charge in [0.15, 0.2) is 22.8 Å². The van der Waals surface area contributed by atoms with E-state index in [1.807, 2.05) is 45.6 Å². The number of H-pyrrole nitrogens is 5. The third kappa shape index (κ3) is 22.6. The molecule has 0 atom stereocenters. The molecule has 124 heavy (non-hydrogen) atoms. The topological polar surface area (TPSA) is 261 Å². The number of aromatic amines is 5. The van der Waals surface area contributed by atoms with Gasteiger partial charge in [-0.2, -0.15) is 20.4 Å². The minimum Gasteiger partial charge on any atom is -0.362 e. The Balaban J connectivity index is 0.000000120. The Hall–Kier alpha value is -9.51. The largest absolute Gasteiger partial charge is 0.362 e. The lowest BCUT2D eigenvalue weighted by Gasteiger charge is -2.33. The molecule has 1 saturated heterocycles. The third-order valence-corrected chi connectivity index (χ3v) is 29.6. The van der Waals surface area contributed by atoms with E-state index in [-0.39, 0.29) is 41.9 Å². The SMILES string of the molecule is C=C1Cc2cccc(CN(CC3CCC3)C(=O)c3cc(Br)[nH]n3)c2S1.C=C1Cc2cccc(CN(CC3CCC3)C(=O)c3cc(C)[nH]n3)c2S1.C=C1Cc2cccc(CN(CC3CCC3)C(=O)c3cc(Cl)[nH]n3)c2S1.Cc1ccc(CN(CC2CNC2)C(=O)c2cc(Br)[nH]n2)c(F)c1.[C-]#[N+]c1cc(C(=O)N(Cc2cccc3c2SC(=C)C3)CC2CCC2)n[nH]1. The quantitative estimate of drug-likeness (QED) is 0.0291. The summed E-state index contributed by atoms with van der Waals surface area (Å²) >= 11 is 19.5. The number of nitrogens with zero attached hydrogens (tertiary/aromatic N) is 11. The average Bonchev–Trinajstić information content (AvgIpc) is 1.68. The number of allylic oxidation sites excluding steroid dienone is 4. The van der Waals surface area contributed by atoms with Gasteiger partial charge in [-0.25, -0.2) is 9.49 Å². The standard InChI is InChI=1S/C20H20N4OS.C20H23N3OS.C19H20BrN3OS.C19H20ClN3OS.C16H18BrFN4O/c1-13-9-15-7-4-8-16(19(15)26-13)12-24(11-14-5-3-6-14)20(25)17-10-18(21-2)23-22-17;1-13-9-18(22-21-13)20(24)23(11-15-5-3-6-15)12-17-8-4-7-16-10-14(2)25-19(16)17;2*1-12-8-14-6-3-7-15(18(14)25-12)11-23(10-13-4-2-5-13)19(24)16-9-17(20)22-21-16;1-10-2-3-12(13(18)4-10)9-22(8-11-6-19-7-11)16(23)14-5-15(17)21-20-14/h4,7-8,10,14H,1,3,5-6,9,11-12H2,(H,22,23);4,7-9,15H,2-3,5-6,10-12H2,1H3,(H,21,22);2*3,6-7,9,13H,1-2,4-5,8,10-11H2,(H,21,22);2-5,11,19H,6-9H2,1H3,(H,20,21). The van der Waals surface area contributed by atoms with Crippen LogP contribution in [-0.2, 0) is 58.4 Å². The van der Waals surface area contributed by atoms with E-state index in [4.69, 9.17) is 18.2 Å². The highest BCUT2D eigenvalue weighted by molar-refractivity contribution is 9.10. The Kier molecular flexibility index (Phi) is 29.7. The summed E-state index contributed by atoms with van der Waals surface area (Å²) in [5.74, 6) is 2.47. The average molecular weight is 1890 g/mol. The molecule has 5 aliphatic heterocycles. The fourth-order valence-electron chi connectivity index (χ4n) is 16.4. The normalized spacial score (nSPS) is 16.1. The third-order valence-electron chi connectivity index (χ3n) is 24.0. The van der Waals surface area contributed by atoms with E-state index in [0.717, 1.165) is 85.7 Å². The molecule has 4 saturated carbocycles. The molecule has 10 aromatic rings. The second kappa shape index (κ2) is 41.3. The number of aromatic nitrogens is 10. The molecule has 644 valence electrons. The highest BCUT2D eigenvalue weighted by Crippen LogP contribution is 2.46. The molecular weight excluding hydrogens is 1790 g/mol. The summed E-state index contributed by atoms with van der Waals surface area (Å²) in [7, 11) is 0. The van der Waals surface area contributed by atoms with Crippen molar-refractivity contribution in [2.75, 3.05) is 45.8 Å². The van der Waals surface area contributed by atoms with Gasteiger partial charge in [-0.05, 0) is 209 Å². The predicted octanol–water partition coefficient (Wildman–Crippen LogP) is 20.8. The van der Waals surface area contributed by atoms with Crippen molar-refractivity contribution in [1.82, 2.24) is 80.8 Å². The van der Waals surface area contributed by atoms with Crippen LogP contribution in [0, 0.1) is 55.8 Å². The molecule has 30 heteroatoms. The van der Waals surface area contributed by atoms with Crippen LogP contribution in [0.3, 0.4) is 0 Å². The van der Waals surface area contributed by atoms with Crippen LogP contribution in [-0.4, -0.2) is 151 Å². The van der Waals surface area contributed by atoms with Crippen molar-refractivity contribution >= 4 is 126 Å². The van der Waals surface area contributed by atoms with Crippen LogP contribution in [0.1, 0.15) is 191 Å². The lowest BCUT2D eigenvalue weighted by atomic mass is 9.85. The number of hydrogen-bond donors (Lipinski definition) is 6. The summed E-state index contributed by atoms with van der Waals surface area (Å²) in [5, 5.41) is 37.6. The van der Waals surface area contributed by atoms with Crippen LogP contribution in [0.15, 0.2) is 196 Å². The fourth-order valence-corrected chi connectivity index (χ4v) is 21.3. The Morgan fingerprint density at radius 1 is 0.427 bits per heavy atom. The second-order valence-electron chi connectivity index (χ2n) is 33.6. The number of aryl methyl sites for hydroxylation is 2. The summed E-state index contributed by atoms with van der Waals surface area (Å²) < 4.78 is 15.5. The molecular formula is C94H101Br2ClFN17O5S4. The number of benzene rings is 5. The monoisotopic (exact) mass is 1890 g/mol. The van der Waals surface area contributed by atoms with E-state index in [9.17, 15) is 28.4 Å². The number of fused-ring (bicyclic) bond motifs is 4. The Labute approximate surface area is 761 Å².